The number of carbonyl (C=O) groups excluding carboxylic acids is 2. The van der Waals surface area contributed by atoms with Crippen molar-refractivity contribution in [3.8, 4) is 0 Å². The molecule has 0 aliphatic heterocycles. The van der Waals surface area contributed by atoms with Crippen LogP contribution in [0.1, 0.15) is 26.3 Å². The Balaban J connectivity index is 0.00000306. The molecule has 0 saturated heterocycles. The van der Waals surface area contributed by atoms with Gasteiger partial charge >= 0.3 is 0 Å². The molecular formula is C25H23BrClN3O2S. The van der Waals surface area contributed by atoms with E-state index < -0.39 is 0 Å². The van der Waals surface area contributed by atoms with Crippen molar-refractivity contribution in [2.75, 3.05) is 32.1 Å². The van der Waals surface area contributed by atoms with Crippen molar-refractivity contribution in [3.05, 3.63) is 94.0 Å². The number of hydrogen-bond donors (Lipinski definition) is 0. The summed E-state index contributed by atoms with van der Waals surface area (Å²) in [5.74, 6) is -0.200. The molecule has 8 heteroatoms. The molecule has 0 atom stereocenters. The van der Waals surface area contributed by atoms with Crippen molar-refractivity contribution in [1.82, 2.24) is 9.88 Å². The van der Waals surface area contributed by atoms with Crippen molar-refractivity contribution in [3.63, 3.8) is 0 Å². The summed E-state index contributed by atoms with van der Waals surface area (Å²) in [6.07, 6.45) is 0. The maximum Gasteiger partial charge on any atom is 0.260 e. The fourth-order valence-corrected chi connectivity index (χ4v) is 4.80. The maximum absolute atomic E-state index is 13.4. The first-order valence-electron chi connectivity index (χ1n) is 10.1. The molecule has 5 nitrogen and oxygen atoms in total. The third-order valence-corrected chi connectivity index (χ3v) is 6.55. The smallest absolute Gasteiger partial charge is 0.260 e. The highest BCUT2D eigenvalue weighted by molar-refractivity contribution is 9.10. The number of halogens is 2. The number of carbonyl (C=O) groups is 2. The summed E-state index contributed by atoms with van der Waals surface area (Å²) in [6, 6.07) is 21.9. The molecular weight excluding hydrogens is 522 g/mol. The van der Waals surface area contributed by atoms with Crippen LogP contribution in [0.4, 0.5) is 5.13 Å². The molecule has 0 saturated carbocycles. The number of rotatable bonds is 7. The Morgan fingerprint density at radius 1 is 0.879 bits per heavy atom. The summed E-state index contributed by atoms with van der Waals surface area (Å²) in [5, 5.41) is 0.661. The van der Waals surface area contributed by atoms with E-state index in [1.54, 1.807) is 41.3 Å². The van der Waals surface area contributed by atoms with Crippen LogP contribution in [0.5, 0.6) is 0 Å². The van der Waals surface area contributed by atoms with Crippen LogP contribution in [0.25, 0.3) is 10.2 Å². The van der Waals surface area contributed by atoms with Crippen molar-refractivity contribution >= 4 is 66.7 Å². The Kier molecular flexibility index (Phi) is 8.37. The zero-order valence-corrected chi connectivity index (χ0v) is 21.4. The monoisotopic (exact) mass is 543 g/mol. The Morgan fingerprint density at radius 2 is 1.52 bits per heavy atom. The van der Waals surface area contributed by atoms with Gasteiger partial charge in [0.2, 0.25) is 0 Å². The highest BCUT2D eigenvalue weighted by Crippen LogP contribution is 2.31. The number of anilines is 1. The highest BCUT2D eigenvalue weighted by atomic mass is 79.9. The fraction of sp³-hybridized carbons (Fsp3) is 0.160. The zero-order chi connectivity index (χ0) is 22.7. The van der Waals surface area contributed by atoms with Gasteiger partial charge < -0.3 is 4.90 Å². The van der Waals surface area contributed by atoms with E-state index in [2.05, 4.69) is 15.9 Å². The van der Waals surface area contributed by atoms with Crippen LogP contribution in [0.3, 0.4) is 0 Å². The van der Waals surface area contributed by atoms with Crippen molar-refractivity contribution in [2.45, 2.75) is 0 Å². The number of ketones is 1. The van der Waals surface area contributed by atoms with Gasteiger partial charge in [-0.2, -0.15) is 0 Å². The van der Waals surface area contributed by atoms with E-state index in [9.17, 15) is 9.59 Å². The first-order valence-corrected chi connectivity index (χ1v) is 11.8. The van der Waals surface area contributed by atoms with Crippen LogP contribution in [0.2, 0.25) is 0 Å². The van der Waals surface area contributed by atoms with E-state index in [0.29, 0.717) is 34.9 Å². The number of aromatic nitrogens is 1. The van der Waals surface area contributed by atoms with Crippen molar-refractivity contribution in [2.24, 2.45) is 0 Å². The lowest BCUT2D eigenvalue weighted by molar-refractivity contribution is 0.0982. The van der Waals surface area contributed by atoms with Gasteiger partial charge in [0, 0.05) is 34.3 Å². The number of nitrogens with zero attached hydrogens (tertiary/aromatic N) is 3. The third kappa shape index (κ3) is 5.86. The van der Waals surface area contributed by atoms with E-state index in [0.717, 1.165) is 14.7 Å². The van der Waals surface area contributed by atoms with E-state index in [1.165, 1.54) is 11.3 Å². The Morgan fingerprint density at radius 3 is 2.18 bits per heavy atom. The number of thiazole rings is 1. The summed E-state index contributed by atoms with van der Waals surface area (Å²) >= 11 is 4.98. The van der Waals surface area contributed by atoms with Gasteiger partial charge in [0.1, 0.15) is 0 Å². The fourth-order valence-electron chi connectivity index (χ4n) is 3.26. The van der Waals surface area contributed by atoms with E-state index in [-0.39, 0.29) is 24.1 Å². The average Bonchev–Trinajstić information content (AvgIpc) is 3.22. The quantitative estimate of drug-likeness (QED) is 0.271. The summed E-state index contributed by atoms with van der Waals surface area (Å²) in [6.45, 7) is 1.22. The van der Waals surface area contributed by atoms with Crippen LogP contribution in [0, 0.1) is 0 Å². The number of likely N-dealkylation sites (N-methyl/N-ethyl adjacent to an activating group) is 1. The normalized spacial score (nSPS) is 10.8. The lowest BCUT2D eigenvalue weighted by Crippen LogP contribution is -2.36. The molecule has 1 heterocycles. The van der Waals surface area contributed by atoms with Gasteiger partial charge in [0.05, 0.1) is 10.2 Å². The predicted octanol–water partition coefficient (Wildman–Crippen LogP) is 5.92. The van der Waals surface area contributed by atoms with Gasteiger partial charge in [0.25, 0.3) is 5.91 Å². The summed E-state index contributed by atoms with van der Waals surface area (Å²) in [5.41, 5.74) is 2.56. The minimum atomic E-state index is -0.135. The molecule has 0 spiro atoms. The summed E-state index contributed by atoms with van der Waals surface area (Å²) in [4.78, 5) is 34.5. The second-order valence-electron chi connectivity index (χ2n) is 7.64. The Labute approximate surface area is 211 Å². The molecule has 0 fully saturated rings. The molecule has 0 aliphatic rings. The zero-order valence-electron chi connectivity index (χ0n) is 18.2. The third-order valence-electron chi connectivity index (χ3n) is 5.02. The maximum atomic E-state index is 13.4. The Hall–Kier alpha value is -2.58. The molecule has 1 amide bonds. The van der Waals surface area contributed by atoms with Crippen LogP contribution >= 0.6 is 39.7 Å². The first-order chi connectivity index (χ1) is 15.4. The summed E-state index contributed by atoms with van der Waals surface area (Å²) in [7, 11) is 3.95. The SMILES string of the molecule is CN(C)CCN(C(=O)c1ccc(C(=O)c2ccccc2)cc1)c1nc2ccc(Br)cc2s1.Cl. The lowest BCUT2D eigenvalue weighted by Gasteiger charge is -2.22. The van der Waals surface area contributed by atoms with Gasteiger partial charge in [-0.1, -0.05) is 69.7 Å². The highest BCUT2D eigenvalue weighted by Gasteiger charge is 2.22. The molecule has 0 radical (unpaired) electrons. The van der Waals surface area contributed by atoms with Gasteiger partial charge in [-0.25, -0.2) is 4.98 Å². The molecule has 0 bridgehead atoms. The summed E-state index contributed by atoms with van der Waals surface area (Å²) < 4.78 is 1.99. The molecule has 4 aromatic rings. The Bertz CT molecular complexity index is 1260. The van der Waals surface area contributed by atoms with E-state index in [4.69, 9.17) is 4.98 Å². The van der Waals surface area contributed by atoms with Crippen LogP contribution < -0.4 is 4.90 Å². The molecule has 0 aliphatic carbocycles. The van der Waals surface area contributed by atoms with Crippen molar-refractivity contribution < 1.29 is 9.59 Å². The van der Waals surface area contributed by atoms with Crippen LogP contribution in [0.15, 0.2) is 77.3 Å². The van der Waals surface area contributed by atoms with Gasteiger partial charge in [-0.15, -0.1) is 12.4 Å². The van der Waals surface area contributed by atoms with Crippen LogP contribution in [-0.2, 0) is 0 Å². The molecule has 3 aromatic carbocycles. The largest absolute Gasteiger partial charge is 0.308 e. The minimum absolute atomic E-state index is 0. The van der Waals surface area contributed by atoms with Gasteiger partial charge in [-0.3, -0.25) is 14.5 Å². The van der Waals surface area contributed by atoms with E-state index >= 15 is 0 Å². The molecule has 33 heavy (non-hydrogen) atoms. The van der Waals surface area contributed by atoms with E-state index in [1.807, 2.05) is 55.4 Å². The first kappa shape index (κ1) is 25.1. The van der Waals surface area contributed by atoms with Gasteiger partial charge in [0.15, 0.2) is 10.9 Å². The number of benzene rings is 3. The number of fused-ring (bicyclic) bond motifs is 1. The molecule has 1 aromatic heterocycles. The second kappa shape index (κ2) is 11.0. The number of amides is 1. The standard InChI is InChI=1S/C25H22BrN3O2S.ClH/c1-28(2)14-15-29(25-27-21-13-12-20(26)16-22(21)32-25)24(31)19-10-8-18(9-11-19)23(30)17-6-4-3-5-7-17;/h3-13,16H,14-15H2,1-2H3;1H. The van der Waals surface area contributed by atoms with Crippen LogP contribution in [-0.4, -0.2) is 48.8 Å². The second-order valence-corrected chi connectivity index (χ2v) is 9.57. The minimum Gasteiger partial charge on any atom is -0.308 e. The molecule has 4 rings (SSSR count). The number of hydrogen-bond acceptors (Lipinski definition) is 5. The lowest BCUT2D eigenvalue weighted by atomic mass is 10.0. The average molecular weight is 545 g/mol. The topological polar surface area (TPSA) is 53.5 Å². The molecule has 0 N–H and O–H groups in total. The van der Waals surface area contributed by atoms with Crippen molar-refractivity contribution in [1.29, 1.82) is 0 Å². The van der Waals surface area contributed by atoms with Gasteiger partial charge in [-0.05, 0) is 44.4 Å². The predicted molar refractivity (Wildman–Crippen MR) is 141 cm³/mol. The molecule has 0 unspecified atom stereocenters. The molecule has 170 valence electrons.